The van der Waals surface area contributed by atoms with Crippen molar-refractivity contribution in [2.75, 3.05) is 17.2 Å². The lowest BCUT2D eigenvalue weighted by atomic mass is 10.1. The highest BCUT2D eigenvalue weighted by Crippen LogP contribution is 2.39. The molecule has 0 spiro atoms. The highest BCUT2D eigenvalue weighted by Gasteiger charge is 2.23. The van der Waals surface area contributed by atoms with Crippen LogP contribution in [0.5, 0.6) is 0 Å². The number of nitrogen functional groups attached to an aromatic ring is 1. The van der Waals surface area contributed by atoms with Crippen LogP contribution >= 0.6 is 15.9 Å². The zero-order chi connectivity index (χ0) is 13.6. The van der Waals surface area contributed by atoms with Gasteiger partial charge in [0.25, 0.3) is 0 Å². The maximum Gasteiger partial charge on any atom is 0.139 e. The fraction of sp³-hybridized carbons (Fsp3) is 0.143. The third kappa shape index (κ3) is 2.08. The fourth-order valence-electron chi connectivity index (χ4n) is 2.39. The lowest BCUT2D eigenvalue weighted by molar-refractivity contribution is 0.621. The van der Waals surface area contributed by atoms with Gasteiger partial charge in [0.1, 0.15) is 11.6 Å². The Hall–Kier alpha value is -1.62. The van der Waals surface area contributed by atoms with Gasteiger partial charge in [0.05, 0.1) is 15.8 Å². The summed E-state index contributed by atoms with van der Waals surface area (Å²) in [7, 11) is 0. The van der Waals surface area contributed by atoms with Gasteiger partial charge in [-0.3, -0.25) is 0 Å². The molecule has 3 rings (SSSR count). The van der Waals surface area contributed by atoms with Crippen molar-refractivity contribution in [3.8, 4) is 0 Å². The van der Waals surface area contributed by atoms with Crippen LogP contribution in [0.4, 0.5) is 25.8 Å². The minimum atomic E-state index is -0.381. The van der Waals surface area contributed by atoms with Crippen LogP contribution in [0.25, 0.3) is 0 Å². The van der Waals surface area contributed by atoms with E-state index in [4.69, 9.17) is 5.73 Å². The van der Waals surface area contributed by atoms with Crippen molar-refractivity contribution in [2.45, 2.75) is 6.42 Å². The van der Waals surface area contributed by atoms with Gasteiger partial charge in [0.15, 0.2) is 0 Å². The van der Waals surface area contributed by atoms with Gasteiger partial charge in [-0.2, -0.15) is 0 Å². The van der Waals surface area contributed by atoms with Gasteiger partial charge in [-0.05, 0) is 46.1 Å². The van der Waals surface area contributed by atoms with Gasteiger partial charge in [0.2, 0.25) is 0 Å². The summed E-state index contributed by atoms with van der Waals surface area (Å²) in [4.78, 5) is 1.85. The van der Waals surface area contributed by atoms with Gasteiger partial charge in [-0.15, -0.1) is 0 Å². The molecule has 5 heteroatoms. The molecule has 0 atom stereocenters. The molecule has 98 valence electrons. The number of halogens is 3. The maximum atomic E-state index is 13.7. The molecule has 0 amide bonds. The van der Waals surface area contributed by atoms with Crippen LogP contribution in [0.1, 0.15) is 5.56 Å². The summed E-state index contributed by atoms with van der Waals surface area (Å²) >= 11 is 3.10. The molecule has 0 aromatic heterocycles. The first-order chi connectivity index (χ1) is 9.06. The van der Waals surface area contributed by atoms with Gasteiger partial charge < -0.3 is 10.6 Å². The van der Waals surface area contributed by atoms with Crippen molar-refractivity contribution in [1.82, 2.24) is 0 Å². The summed E-state index contributed by atoms with van der Waals surface area (Å²) in [6.07, 6.45) is 0.798. The Morgan fingerprint density at radius 2 is 1.89 bits per heavy atom. The Morgan fingerprint density at radius 3 is 2.68 bits per heavy atom. The van der Waals surface area contributed by atoms with E-state index < -0.39 is 0 Å². The molecule has 1 aliphatic rings. The number of benzene rings is 2. The molecule has 2 aromatic carbocycles. The van der Waals surface area contributed by atoms with Gasteiger partial charge >= 0.3 is 0 Å². The second-order valence-corrected chi connectivity index (χ2v) is 5.35. The van der Waals surface area contributed by atoms with E-state index >= 15 is 0 Å². The van der Waals surface area contributed by atoms with Crippen LogP contribution in [-0.4, -0.2) is 6.54 Å². The molecular formula is C14H11BrF2N2. The molecule has 2 nitrogen and oxygen atoms in total. The zero-order valence-corrected chi connectivity index (χ0v) is 11.5. The topological polar surface area (TPSA) is 29.3 Å². The van der Waals surface area contributed by atoms with E-state index in [1.54, 1.807) is 6.07 Å². The van der Waals surface area contributed by atoms with Crippen LogP contribution < -0.4 is 10.6 Å². The standard InChI is InChI=1S/C14H11BrF2N2/c15-10-6-12(18)14(7-11(10)17)19-4-3-8-1-2-9(16)5-13(8)19/h1-2,5-7H,3-4,18H2. The first kappa shape index (κ1) is 12.4. The normalized spacial score (nSPS) is 13.7. The van der Waals surface area contributed by atoms with Crippen molar-refractivity contribution in [3.63, 3.8) is 0 Å². The molecule has 0 aliphatic carbocycles. The summed E-state index contributed by atoms with van der Waals surface area (Å²) < 4.78 is 27.3. The first-order valence-corrected chi connectivity index (χ1v) is 6.66. The van der Waals surface area contributed by atoms with Crippen LogP contribution in [0, 0.1) is 11.6 Å². The Balaban J connectivity index is 2.11. The molecule has 0 radical (unpaired) electrons. The van der Waals surface area contributed by atoms with E-state index in [2.05, 4.69) is 15.9 Å². The average Bonchev–Trinajstić information content (AvgIpc) is 2.76. The average molecular weight is 325 g/mol. The lowest BCUT2D eigenvalue weighted by Gasteiger charge is -2.21. The van der Waals surface area contributed by atoms with Crippen LogP contribution in [-0.2, 0) is 6.42 Å². The van der Waals surface area contributed by atoms with Crippen molar-refractivity contribution in [2.24, 2.45) is 0 Å². The minimum absolute atomic E-state index is 0.304. The molecule has 2 N–H and O–H groups in total. The summed E-state index contributed by atoms with van der Waals surface area (Å²) in [5, 5.41) is 0. The molecule has 2 aromatic rings. The van der Waals surface area contributed by atoms with Crippen molar-refractivity contribution in [1.29, 1.82) is 0 Å². The summed E-state index contributed by atoms with van der Waals surface area (Å²) in [6.45, 7) is 0.671. The minimum Gasteiger partial charge on any atom is -0.397 e. The maximum absolute atomic E-state index is 13.7. The molecule has 0 saturated heterocycles. The highest BCUT2D eigenvalue weighted by molar-refractivity contribution is 9.10. The molecule has 1 heterocycles. The van der Waals surface area contributed by atoms with Crippen molar-refractivity contribution < 1.29 is 8.78 Å². The Morgan fingerprint density at radius 1 is 1.11 bits per heavy atom. The smallest absolute Gasteiger partial charge is 0.139 e. The molecule has 1 aliphatic heterocycles. The van der Waals surface area contributed by atoms with E-state index in [1.165, 1.54) is 24.3 Å². The Kier molecular flexibility index (Phi) is 2.93. The van der Waals surface area contributed by atoms with Gasteiger partial charge in [-0.25, -0.2) is 8.78 Å². The van der Waals surface area contributed by atoms with Gasteiger partial charge in [-0.1, -0.05) is 6.07 Å². The number of nitrogens with two attached hydrogens (primary N) is 1. The van der Waals surface area contributed by atoms with Crippen molar-refractivity contribution in [3.05, 3.63) is 52.0 Å². The third-order valence-corrected chi connectivity index (χ3v) is 3.91. The third-order valence-electron chi connectivity index (χ3n) is 3.30. The molecular weight excluding hydrogens is 314 g/mol. The number of anilines is 3. The second kappa shape index (κ2) is 4.49. The van der Waals surface area contributed by atoms with E-state index in [9.17, 15) is 8.78 Å². The summed E-state index contributed by atoms with van der Waals surface area (Å²) in [5.74, 6) is -0.684. The highest BCUT2D eigenvalue weighted by atomic mass is 79.9. The lowest BCUT2D eigenvalue weighted by Crippen LogP contribution is -2.15. The zero-order valence-electron chi connectivity index (χ0n) is 9.96. The van der Waals surface area contributed by atoms with Gasteiger partial charge in [0, 0.05) is 18.3 Å². The van der Waals surface area contributed by atoms with Crippen LogP contribution in [0.15, 0.2) is 34.8 Å². The molecule has 0 bridgehead atoms. The van der Waals surface area contributed by atoms with E-state index in [1.807, 2.05) is 4.90 Å². The number of fused-ring (bicyclic) bond motifs is 1. The predicted octanol–water partition coefficient (Wildman–Crippen LogP) is 4.00. The van der Waals surface area contributed by atoms with E-state index in [-0.39, 0.29) is 11.6 Å². The molecule has 19 heavy (non-hydrogen) atoms. The largest absolute Gasteiger partial charge is 0.397 e. The first-order valence-electron chi connectivity index (χ1n) is 5.87. The SMILES string of the molecule is Nc1cc(Br)c(F)cc1N1CCc2ccc(F)cc21. The quantitative estimate of drug-likeness (QED) is 0.803. The predicted molar refractivity (Wildman–Crippen MR) is 75.6 cm³/mol. The fourth-order valence-corrected chi connectivity index (χ4v) is 2.75. The molecule has 0 unspecified atom stereocenters. The number of hydrogen-bond acceptors (Lipinski definition) is 2. The van der Waals surface area contributed by atoms with Crippen LogP contribution in [0.3, 0.4) is 0 Å². The summed E-state index contributed by atoms with van der Waals surface area (Å²) in [5.41, 5.74) is 8.77. The molecule has 0 fully saturated rings. The second-order valence-electron chi connectivity index (χ2n) is 4.50. The van der Waals surface area contributed by atoms with E-state index in [0.717, 1.165) is 17.7 Å². The van der Waals surface area contributed by atoms with E-state index in [0.29, 0.717) is 22.4 Å². The Labute approximate surface area is 118 Å². The monoisotopic (exact) mass is 324 g/mol. The van der Waals surface area contributed by atoms with Crippen molar-refractivity contribution >= 4 is 33.0 Å². The summed E-state index contributed by atoms with van der Waals surface area (Å²) in [6, 6.07) is 7.56. The number of nitrogens with zero attached hydrogens (tertiary/aromatic N) is 1. The van der Waals surface area contributed by atoms with Crippen LogP contribution in [0.2, 0.25) is 0 Å². The number of rotatable bonds is 1. The Bertz CT molecular complexity index is 658. The molecule has 0 saturated carbocycles. The number of hydrogen-bond donors (Lipinski definition) is 1.